The number of rotatable bonds is 0. The monoisotopic (exact) mass is 124 g/mol. The number of hydrogen-bond acceptors (Lipinski definition) is 1. The Labute approximate surface area is 56.8 Å². The van der Waals surface area contributed by atoms with E-state index < -0.39 is 0 Å². The topological polar surface area (TPSA) is 12.0 Å². The van der Waals surface area contributed by atoms with Crippen molar-refractivity contribution in [1.82, 2.24) is 5.32 Å². The highest BCUT2D eigenvalue weighted by Crippen LogP contribution is 2.28. The van der Waals surface area contributed by atoms with Crippen molar-refractivity contribution in [1.29, 1.82) is 0 Å². The van der Waals surface area contributed by atoms with Gasteiger partial charge in [-0.1, -0.05) is 6.42 Å². The van der Waals surface area contributed by atoms with Gasteiger partial charge in [-0.2, -0.15) is 0 Å². The third-order valence-corrected chi connectivity index (χ3v) is 2.57. The van der Waals surface area contributed by atoms with E-state index in [9.17, 15) is 0 Å². The summed E-state index contributed by atoms with van der Waals surface area (Å²) in [5, 5.41) is 3.54. The van der Waals surface area contributed by atoms with Crippen LogP contribution in [0.15, 0.2) is 0 Å². The maximum atomic E-state index is 3.54. The molecule has 51 valence electrons. The molecule has 1 heteroatoms. The SMILES string of the molecule is C1C[C]2CCC(C1)NC2. The Hall–Kier alpha value is -0.0400. The van der Waals surface area contributed by atoms with Crippen LogP contribution in [0.4, 0.5) is 0 Å². The van der Waals surface area contributed by atoms with Crippen molar-refractivity contribution in [2.45, 2.75) is 38.1 Å². The van der Waals surface area contributed by atoms with Crippen molar-refractivity contribution in [2.24, 2.45) is 0 Å². The van der Waals surface area contributed by atoms with Crippen LogP contribution in [-0.2, 0) is 0 Å². The number of fused-ring (bicyclic) bond motifs is 4. The third kappa shape index (κ3) is 1.11. The molecule has 2 aliphatic heterocycles. The molecule has 3 rings (SSSR count). The molecule has 1 aliphatic carbocycles. The van der Waals surface area contributed by atoms with Gasteiger partial charge < -0.3 is 5.32 Å². The van der Waals surface area contributed by atoms with Crippen LogP contribution in [0.1, 0.15) is 32.1 Å². The third-order valence-electron chi connectivity index (χ3n) is 2.57. The summed E-state index contributed by atoms with van der Waals surface area (Å²) in [5.41, 5.74) is 0. The van der Waals surface area contributed by atoms with E-state index in [0.29, 0.717) is 0 Å². The summed E-state index contributed by atoms with van der Waals surface area (Å²) in [4.78, 5) is 0. The van der Waals surface area contributed by atoms with Crippen LogP contribution >= 0.6 is 0 Å². The lowest BCUT2D eigenvalue weighted by Crippen LogP contribution is -2.34. The van der Waals surface area contributed by atoms with Crippen molar-refractivity contribution in [3.8, 4) is 0 Å². The van der Waals surface area contributed by atoms with Crippen LogP contribution in [0.2, 0.25) is 0 Å². The highest BCUT2D eigenvalue weighted by molar-refractivity contribution is 5.00. The largest absolute Gasteiger partial charge is 0.313 e. The lowest BCUT2D eigenvalue weighted by molar-refractivity contribution is 0.438. The van der Waals surface area contributed by atoms with Gasteiger partial charge in [-0.15, -0.1) is 0 Å². The second-order valence-corrected chi connectivity index (χ2v) is 3.26. The van der Waals surface area contributed by atoms with Gasteiger partial charge in [0, 0.05) is 12.6 Å². The van der Waals surface area contributed by atoms with Crippen LogP contribution in [-0.4, -0.2) is 12.6 Å². The maximum absolute atomic E-state index is 3.54. The molecular weight excluding hydrogens is 110 g/mol. The van der Waals surface area contributed by atoms with Crippen LogP contribution < -0.4 is 5.32 Å². The standard InChI is InChI=1S/C8H14N/c1-2-7-4-5-8(3-1)9-6-7/h8-9H,1-6H2. The van der Waals surface area contributed by atoms with Gasteiger partial charge in [-0.05, 0) is 31.6 Å². The molecule has 0 amide bonds. The first-order valence-electron chi connectivity index (χ1n) is 4.02. The average molecular weight is 124 g/mol. The van der Waals surface area contributed by atoms with Gasteiger partial charge in [-0.3, -0.25) is 0 Å². The van der Waals surface area contributed by atoms with Crippen LogP contribution in [0.5, 0.6) is 0 Å². The molecular formula is C8H14N. The van der Waals surface area contributed by atoms with E-state index in [1.165, 1.54) is 38.6 Å². The summed E-state index contributed by atoms with van der Waals surface area (Å²) in [5.74, 6) is 1.77. The fourth-order valence-corrected chi connectivity index (χ4v) is 1.92. The van der Waals surface area contributed by atoms with Gasteiger partial charge in [0.15, 0.2) is 0 Å². The second kappa shape index (κ2) is 2.30. The Morgan fingerprint density at radius 1 is 1.22 bits per heavy atom. The Balaban J connectivity index is 2.03. The van der Waals surface area contributed by atoms with E-state index in [-0.39, 0.29) is 0 Å². The van der Waals surface area contributed by atoms with Gasteiger partial charge in [-0.25, -0.2) is 0 Å². The maximum Gasteiger partial charge on any atom is 0.00675 e. The van der Waals surface area contributed by atoms with Crippen molar-refractivity contribution < 1.29 is 0 Å². The van der Waals surface area contributed by atoms with Gasteiger partial charge >= 0.3 is 0 Å². The van der Waals surface area contributed by atoms with Crippen molar-refractivity contribution in [2.75, 3.05) is 6.54 Å². The van der Waals surface area contributed by atoms with E-state index in [0.717, 1.165) is 6.04 Å². The van der Waals surface area contributed by atoms with E-state index in [1.54, 1.807) is 5.92 Å². The number of piperidine rings is 1. The number of hydrogen-bond donors (Lipinski definition) is 1. The zero-order chi connectivity index (χ0) is 6.10. The minimum Gasteiger partial charge on any atom is -0.313 e. The highest BCUT2D eigenvalue weighted by atomic mass is 14.9. The fourth-order valence-electron chi connectivity index (χ4n) is 1.92. The molecule has 1 unspecified atom stereocenters. The van der Waals surface area contributed by atoms with Crippen LogP contribution in [0, 0.1) is 5.92 Å². The minimum absolute atomic E-state index is 0.872. The summed E-state index contributed by atoms with van der Waals surface area (Å²) in [7, 11) is 0. The molecule has 3 aliphatic rings. The van der Waals surface area contributed by atoms with Crippen molar-refractivity contribution >= 4 is 0 Å². The molecule has 0 spiro atoms. The molecule has 2 bridgehead atoms. The zero-order valence-electron chi connectivity index (χ0n) is 5.82. The van der Waals surface area contributed by atoms with E-state index in [2.05, 4.69) is 5.32 Å². The number of nitrogens with one attached hydrogen (secondary N) is 1. The summed E-state index contributed by atoms with van der Waals surface area (Å²) in [6.07, 6.45) is 7.09. The summed E-state index contributed by atoms with van der Waals surface area (Å²) >= 11 is 0. The minimum atomic E-state index is 0.872. The molecule has 0 aromatic carbocycles. The average Bonchev–Trinajstić information content (AvgIpc) is 2.21. The molecule has 1 saturated carbocycles. The predicted octanol–water partition coefficient (Wildman–Crippen LogP) is 1.50. The Kier molecular flexibility index (Phi) is 1.46. The Morgan fingerprint density at radius 2 is 2.22 bits per heavy atom. The molecule has 9 heavy (non-hydrogen) atoms. The van der Waals surface area contributed by atoms with Crippen LogP contribution in [0.25, 0.3) is 0 Å². The van der Waals surface area contributed by atoms with E-state index >= 15 is 0 Å². The Bertz CT molecular complexity index is 75.2. The van der Waals surface area contributed by atoms with Gasteiger partial charge in [0.1, 0.15) is 0 Å². The lowest BCUT2D eigenvalue weighted by Gasteiger charge is -2.23. The van der Waals surface area contributed by atoms with Crippen molar-refractivity contribution in [3.05, 3.63) is 5.92 Å². The molecule has 1 atom stereocenters. The summed E-state index contributed by atoms with van der Waals surface area (Å²) < 4.78 is 0. The first-order chi connectivity index (χ1) is 4.45. The van der Waals surface area contributed by atoms with Gasteiger partial charge in [0.25, 0.3) is 0 Å². The van der Waals surface area contributed by atoms with E-state index in [1.807, 2.05) is 0 Å². The quantitative estimate of drug-likeness (QED) is 0.516. The molecule has 2 saturated heterocycles. The molecule has 2 heterocycles. The molecule has 1 nitrogen and oxygen atoms in total. The fraction of sp³-hybridized carbons (Fsp3) is 0.875. The molecule has 3 fully saturated rings. The predicted molar refractivity (Wildman–Crippen MR) is 38.1 cm³/mol. The normalized spacial score (nSPS) is 36.7. The first kappa shape index (κ1) is 5.72. The first-order valence-corrected chi connectivity index (χ1v) is 4.02. The van der Waals surface area contributed by atoms with Gasteiger partial charge in [0.2, 0.25) is 0 Å². The molecule has 0 aromatic heterocycles. The summed E-state index contributed by atoms with van der Waals surface area (Å²) in [6.45, 7) is 1.23. The Morgan fingerprint density at radius 3 is 3.00 bits per heavy atom. The zero-order valence-corrected chi connectivity index (χ0v) is 5.82. The molecule has 1 radical (unpaired) electrons. The smallest absolute Gasteiger partial charge is 0.00675 e. The van der Waals surface area contributed by atoms with E-state index in [4.69, 9.17) is 0 Å². The lowest BCUT2D eigenvalue weighted by atomic mass is 9.97. The highest BCUT2D eigenvalue weighted by Gasteiger charge is 2.23. The summed E-state index contributed by atoms with van der Waals surface area (Å²) in [6, 6.07) is 0.872. The van der Waals surface area contributed by atoms with Crippen LogP contribution in [0.3, 0.4) is 0 Å². The molecule has 0 aromatic rings. The molecule has 1 N–H and O–H groups in total. The van der Waals surface area contributed by atoms with Crippen molar-refractivity contribution in [3.63, 3.8) is 0 Å². The van der Waals surface area contributed by atoms with Gasteiger partial charge in [0.05, 0.1) is 0 Å². The second-order valence-electron chi connectivity index (χ2n) is 3.26.